The van der Waals surface area contributed by atoms with E-state index in [1.807, 2.05) is 6.07 Å². The molecule has 1 aromatic carbocycles. The van der Waals surface area contributed by atoms with E-state index in [-0.39, 0.29) is 17.5 Å². The summed E-state index contributed by atoms with van der Waals surface area (Å²) in [7, 11) is 3.20. The Labute approximate surface area is 120 Å². The van der Waals surface area contributed by atoms with Crippen LogP contribution in [0.15, 0.2) is 30.5 Å². The average molecular weight is 290 g/mol. The van der Waals surface area contributed by atoms with Gasteiger partial charge in [-0.1, -0.05) is 12.1 Å². The first kappa shape index (κ1) is 14.7. The van der Waals surface area contributed by atoms with E-state index < -0.39 is 4.92 Å². The zero-order valence-corrected chi connectivity index (χ0v) is 11.6. The Bertz CT molecular complexity index is 648. The summed E-state index contributed by atoms with van der Waals surface area (Å²) in [5, 5.41) is 13.7. The third-order valence-corrected chi connectivity index (χ3v) is 2.58. The van der Waals surface area contributed by atoms with Crippen molar-refractivity contribution < 1.29 is 14.4 Å². The van der Waals surface area contributed by atoms with E-state index in [9.17, 15) is 10.1 Å². The maximum Gasteiger partial charge on any atom is 0.349 e. The molecule has 0 atom stereocenters. The van der Waals surface area contributed by atoms with Crippen molar-refractivity contribution in [2.45, 2.75) is 6.61 Å². The molecule has 0 saturated heterocycles. The van der Waals surface area contributed by atoms with Crippen LogP contribution < -0.4 is 10.1 Å². The van der Waals surface area contributed by atoms with Crippen molar-refractivity contribution in [2.24, 2.45) is 0 Å². The number of nitrogens with zero attached hydrogens (tertiary/aromatic N) is 3. The van der Waals surface area contributed by atoms with E-state index in [0.717, 1.165) is 11.8 Å². The van der Waals surface area contributed by atoms with E-state index >= 15 is 0 Å². The van der Waals surface area contributed by atoms with Crippen molar-refractivity contribution >= 4 is 11.6 Å². The molecule has 8 heteroatoms. The van der Waals surface area contributed by atoms with Gasteiger partial charge < -0.3 is 14.8 Å². The Balaban J connectivity index is 2.33. The number of anilines is 1. The van der Waals surface area contributed by atoms with Gasteiger partial charge in [0.2, 0.25) is 5.95 Å². The van der Waals surface area contributed by atoms with Crippen LogP contribution in [-0.2, 0) is 11.3 Å². The van der Waals surface area contributed by atoms with Crippen LogP contribution in [0.4, 0.5) is 11.6 Å². The van der Waals surface area contributed by atoms with Gasteiger partial charge in [0.15, 0.2) is 0 Å². The number of nitro groups is 1. The minimum Gasteiger partial charge on any atom is -0.434 e. The third-order valence-electron chi connectivity index (χ3n) is 2.58. The zero-order chi connectivity index (χ0) is 15.2. The topological polar surface area (TPSA) is 99.4 Å². The number of hydrogen-bond acceptors (Lipinski definition) is 7. The molecule has 0 radical (unpaired) electrons. The molecular formula is C13H14N4O4. The fourth-order valence-corrected chi connectivity index (χ4v) is 1.66. The lowest BCUT2D eigenvalue weighted by Gasteiger charge is -2.08. The Kier molecular flexibility index (Phi) is 4.62. The van der Waals surface area contributed by atoms with Crippen LogP contribution in [0.2, 0.25) is 0 Å². The van der Waals surface area contributed by atoms with Crippen LogP contribution in [0, 0.1) is 10.1 Å². The zero-order valence-electron chi connectivity index (χ0n) is 11.6. The van der Waals surface area contributed by atoms with Crippen LogP contribution in [-0.4, -0.2) is 29.0 Å². The fourth-order valence-electron chi connectivity index (χ4n) is 1.66. The molecule has 0 fully saturated rings. The van der Waals surface area contributed by atoms with Crippen LogP contribution in [0.1, 0.15) is 5.56 Å². The number of hydrogen-bond donors (Lipinski definition) is 1. The molecule has 1 heterocycles. The number of aromatic nitrogens is 2. The number of benzene rings is 1. The monoisotopic (exact) mass is 290 g/mol. The van der Waals surface area contributed by atoms with E-state index in [0.29, 0.717) is 12.4 Å². The molecule has 0 unspecified atom stereocenters. The predicted molar refractivity (Wildman–Crippen MR) is 75.5 cm³/mol. The lowest BCUT2D eigenvalue weighted by molar-refractivity contribution is -0.386. The van der Waals surface area contributed by atoms with E-state index in [1.54, 1.807) is 32.4 Å². The summed E-state index contributed by atoms with van der Waals surface area (Å²) in [6.07, 6.45) is 1.10. The fraction of sp³-hybridized carbons (Fsp3) is 0.231. The maximum atomic E-state index is 11.0. The summed E-state index contributed by atoms with van der Waals surface area (Å²) in [5.41, 5.74) is 0.590. The normalized spacial score (nSPS) is 10.2. The highest BCUT2D eigenvalue weighted by Crippen LogP contribution is 2.29. The number of methoxy groups -OCH3 is 1. The first-order valence-electron chi connectivity index (χ1n) is 6.09. The molecule has 110 valence electrons. The van der Waals surface area contributed by atoms with Crippen LogP contribution in [0.25, 0.3) is 0 Å². The lowest BCUT2D eigenvalue weighted by Crippen LogP contribution is -2.02. The SMILES string of the molecule is CNc1ncc([N+](=O)[O-])c(Oc2cccc(COC)c2)n1. The Morgan fingerprint density at radius 2 is 2.24 bits per heavy atom. The van der Waals surface area contributed by atoms with Gasteiger partial charge in [-0.15, -0.1) is 0 Å². The first-order valence-corrected chi connectivity index (χ1v) is 6.09. The van der Waals surface area contributed by atoms with Crippen molar-refractivity contribution in [2.75, 3.05) is 19.5 Å². The molecule has 0 amide bonds. The minimum atomic E-state index is -0.590. The average Bonchev–Trinajstić information content (AvgIpc) is 2.47. The molecule has 0 aliphatic carbocycles. The molecule has 8 nitrogen and oxygen atoms in total. The van der Waals surface area contributed by atoms with Gasteiger partial charge in [-0.3, -0.25) is 10.1 Å². The largest absolute Gasteiger partial charge is 0.434 e. The molecule has 0 aliphatic heterocycles. The number of rotatable bonds is 6. The van der Waals surface area contributed by atoms with Crippen molar-refractivity contribution in [3.05, 3.63) is 46.1 Å². The highest BCUT2D eigenvalue weighted by atomic mass is 16.6. The molecule has 1 N–H and O–H groups in total. The summed E-state index contributed by atoms with van der Waals surface area (Å²) in [6.45, 7) is 0.421. The smallest absolute Gasteiger partial charge is 0.349 e. The summed E-state index contributed by atoms with van der Waals surface area (Å²) >= 11 is 0. The van der Waals surface area contributed by atoms with Crippen molar-refractivity contribution in [1.29, 1.82) is 0 Å². The van der Waals surface area contributed by atoms with Gasteiger partial charge in [0.05, 0.1) is 11.5 Å². The molecule has 1 aromatic heterocycles. The van der Waals surface area contributed by atoms with Gasteiger partial charge in [0, 0.05) is 14.2 Å². The Hall–Kier alpha value is -2.74. The van der Waals surface area contributed by atoms with E-state index in [2.05, 4.69) is 15.3 Å². The van der Waals surface area contributed by atoms with Crippen LogP contribution >= 0.6 is 0 Å². The Morgan fingerprint density at radius 1 is 1.43 bits per heavy atom. The van der Waals surface area contributed by atoms with E-state index in [4.69, 9.17) is 9.47 Å². The molecule has 2 aromatic rings. The van der Waals surface area contributed by atoms with Crippen molar-refractivity contribution in [3.63, 3.8) is 0 Å². The standard InChI is InChI=1S/C13H14N4O4/c1-14-13-15-7-11(17(18)19)12(16-13)21-10-5-3-4-9(6-10)8-20-2/h3-7H,8H2,1-2H3,(H,14,15,16). The van der Waals surface area contributed by atoms with Crippen LogP contribution in [0.5, 0.6) is 11.6 Å². The van der Waals surface area contributed by atoms with Gasteiger partial charge in [-0.2, -0.15) is 4.98 Å². The van der Waals surface area contributed by atoms with Gasteiger partial charge in [0.1, 0.15) is 11.9 Å². The quantitative estimate of drug-likeness (QED) is 0.643. The summed E-state index contributed by atoms with van der Waals surface area (Å²) < 4.78 is 10.5. The molecule has 21 heavy (non-hydrogen) atoms. The molecule has 0 bridgehead atoms. The minimum absolute atomic E-state index is 0.117. The molecular weight excluding hydrogens is 276 g/mol. The predicted octanol–water partition coefficient (Wildman–Crippen LogP) is 2.37. The summed E-state index contributed by atoms with van der Waals surface area (Å²) in [5.74, 6) is 0.561. The maximum absolute atomic E-state index is 11.0. The molecule has 0 aliphatic rings. The third kappa shape index (κ3) is 3.63. The van der Waals surface area contributed by atoms with Gasteiger partial charge in [-0.05, 0) is 17.7 Å². The number of nitrogens with one attached hydrogen (secondary N) is 1. The Morgan fingerprint density at radius 3 is 2.90 bits per heavy atom. The van der Waals surface area contributed by atoms with Gasteiger partial charge in [0.25, 0.3) is 0 Å². The highest BCUT2D eigenvalue weighted by Gasteiger charge is 2.19. The van der Waals surface area contributed by atoms with Crippen LogP contribution in [0.3, 0.4) is 0 Å². The van der Waals surface area contributed by atoms with Crippen molar-refractivity contribution in [1.82, 2.24) is 9.97 Å². The lowest BCUT2D eigenvalue weighted by atomic mass is 10.2. The number of ether oxygens (including phenoxy) is 2. The van der Waals surface area contributed by atoms with Gasteiger partial charge in [-0.25, -0.2) is 4.98 Å². The molecule has 0 saturated carbocycles. The second-order valence-electron chi connectivity index (χ2n) is 4.07. The van der Waals surface area contributed by atoms with E-state index in [1.165, 1.54) is 0 Å². The van der Waals surface area contributed by atoms with Crippen molar-refractivity contribution in [3.8, 4) is 11.6 Å². The van der Waals surface area contributed by atoms with Gasteiger partial charge >= 0.3 is 11.6 Å². The second kappa shape index (κ2) is 6.62. The first-order chi connectivity index (χ1) is 10.1. The second-order valence-corrected chi connectivity index (χ2v) is 4.07. The highest BCUT2D eigenvalue weighted by molar-refractivity contribution is 5.45. The summed E-state index contributed by atoms with van der Waals surface area (Å²) in [4.78, 5) is 18.2. The molecule has 2 rings (SSSR count). The summed E-state index contributed by atoms with van der Waals surface area (Å²) in [6, 6.07) is 7.05. The molecule has 0 spiro atoms.